The van der Waals surface area contributed by atoms with E-state index in [-0.39, 0.29) is 5.01 Å². The maximum Gasteiger partial charge on any atom is 0.109 e. The van der Waals surface area contributed by atoms with Gasteiger partial charge in [-0.05, 0) is 12.0 Å². The average molecular weight is 239 g/mol. The normalized spacial score (nSPS) is 15.5. The van der Waals surface area contributed by atoms with Gasteiger partial charge in [0.1, 0.15) is 5.01 Å². The molecule has 3 heteroatoms. The largest absolute Gasteiger partial charge is 0.367 e. The van der Waals surface area contributed by atoms with Crippen molar-refractivity contribution < 1.29 is 4.74 Å². The number of rotatable bonds is 4. The van der Waals surface area contributed by atoms with Crippen LogP contribution in [0.1, 0.15) is 20.8 Å². The van der Waals surface area contributed by atoms with Crippen molar-refractivity contribution >= 4 is 24.7 Å². The number of halogens is 1. The monoisotopic (exact) mass is 238 g/mol. The molecular formula is C8H19BrOSi. The second-order valence-corrected chi connectivity index (χ2v) is 9.16. The summed E-state index contributed by atoms with van der Waals surface area (Å²) in [4.78, 5) is 0. The van der Waals surface area contributed by atoms with Gasteiger partial charge in [-0.25, -0.2) is 0 Å². The Balaban J connectivity index is 3.73. The topological polar surface area (TPSA) is 9.23 Å². The van der Waals surface area contributed by atoms with E-state index in [1.165, 1.54) is 0 Å². The smallest absolute Gasteiger partial charge is 0.109 e. The molecule has 0 aromatic carbocycles. The van der Waals surface area contributed by atoms with Gasteiger partial charge in [0, 0.05) is 8.80 Å². The maximum atomic E-state index is 5.52. The molecule has 0 aromatic rings. The summed E-state index contributed by atoms with van der Waals surface area (Å²) in [6, 6.07) is 0. The maximum absolute atomic E-state index is 5.52. The number of ether oxygens (including phenoxy) is 1. The van der Waals surface area contributed by atoms with Crippen LogP contribution < -0.4 is 0 Å². The summed E-state index contributed by atoms with van der Waals surface area (Å²) in [5, 5.41) is 0.608. The lowest BCUT2D eigenvalue weighted by Gasteiger charge is -2.28. The van der Waals surface area contributed by atoms with Crippen LogP contribution in [-0.2, 0) is 4.74 Å². The molecule has 0 amide bonds. The molecule has 1 atom stereocenters. The van der Waals surface area contributed by atoms with E-state index < -0.39 is 8.80 Å². The van der Waals surface area contributed by atoms with E-state index in [4.69, 9.17) is 4.74 Å². The van der Waals surface area contributed by atoms with Crippen molar-refractivity contribution in [3.8, 4) is 0 Å². The molecule has 0 radical (unpaired) electrons. The third-order valence-corrected chi connectivity index (χ3v) is 5.80. The Morgan fingerprint density at radius 3 is 2.18 bits per heavy atom. The van der Waals surface area contributed by atoms with Gasteiger partial charge in [-0.2, -0.15) is 0 Å². The lowest BCUT2D eigenvalue weighted by atomic mass is 10.2. The molecule has 0 fully saturated rings. The summed E-state index contributed by atoms with van der Waals surface area (Å²) in [6.07, 6.45) is 0. The predicted octanol–water partition coefficient (Wildman–Crippen LogP) is 3.01. The molecule has 1 unspecified atom stereocenters. The summed E-state index contributed by atoms with van der Waals surface area (Å²) >= 11 is 3.37. The van der Waals surface area contributed by atoms with Crippen LogP contribution in [0, 0.1) is 0 Å². The van der Waals surface area contributed by atoms with Gasteiger partial charge in [-0.1, -0.05) is 42.9 Å². The molecule has 0 saturated heterocycles. The molecule has 0 aliphatic heterocycles. The van der Waals surface area contributed by atoms with E-state index in [1.807, 2.05) is 6.92 Å². The minimum absolute atomic E-state index is 0.189. The molecule has 0 heterocycles. The van der Waals surface area contributed by atoms with E-state index in [2.05, 4.69) is 42.9 Å². The highest BCUT2D eigenvalue weighted by molar-refractivity contribution is 9.09. The van der Waals surface area contributed by atoms with Gasteiger partial charge in [0.15, 0.2) is 0 Å². The fourth-order valence-corrected chi connectivity index (χ4v) is 1.06. The van der Waals surface area contributed by atoms with Gasteiger partial charge in [0.25, 0.3) is 0 Å². The van der Waals surface area contributed by atoms with Crippen molar-refractivity contribution in [3.63, 3.8) is 0 Å². The minimum atomic E-state index is -0.584. The fourth-order valence-electron chi connectivity index (χ4n) is 0.496. The van der Waals surface area contributed by atoms with Crippen molar-refractivity contribution in [2.75, 3.05) is 6.61 Å². The SMILES string of the molecule is CC(Br)OCC(C)(C)[SiH](C)C. The molecule has 11 heavy (non-hydrogen) atoms. The van der Waals surface area contributed by atoms with Crippen LogP contribution in [-0.4, -0.2) is 20.4 Å². The zero-order chi connectivity index (χ0) is 9.07. The summed E-state index contributed by atoms with van der Waals surface area (Å²) in [7, 11) is -0.584. The molecule has 0 aromatic heterocycles. The first-order chi connectivity index (χ1) is 4.86. The molecule has 68 valence electrons. The average Bonchev–Trinajstić information content (AvgIpc) is 1.84. The Bertz CT molecular complexity index is 113. The summed E-state index contributed by atoms with van der Waals surface area (Å²) in [5.74, 6) is 0. The lowest BCUT2D eigenvalue weighted by molar-refractivity contribution is 0.108. The van der Waals surface area contributed by atoms with Gasteiger partial charge in [0.05, 0.1) is 6.61 Å². The summed E-state index contributed by atoms with van der Waals surface area (Å²) in [6.45, 7) is 12.2. The molecule has 0 aliphatic rings. The zero-order valence-electron chi connectivity index (χ0n) is 8.15. The number of alkyl halides is 1. The molecule has 0 spiro atoms. The van der Waals surface area contributed by atoms with Crippen molar-refractivity contribution in [3.05, 3.63) is 0 Å². The van der Waals surface area contributed by atoms with Crippen LogP contribution >= 0.6 is 15.9 Å². The molecular weight excluding hydrogens is 220 g/mol. The first kappa shape index (κ1) is 11.7. The second kappa shape index (κ2) is 4.63. The van der Waals surface area contributed by atoms with Crippen LogP contribution in [0.3, 0.4) is 0 Å². The summed E-state index contributed by atoms with van der Waals surface area (Å²) in [5.41, 5.74) is 0. The first-order valence-corrected chi connectivity index (χ1v) is 7.92. The van der Waals surface area contributed by atoms with E-state index in [9.17, 15) is 0 Å². The van der Waals surface area contributed by atoms with Crippen LogP contribution in [0.25, 0.3) is 0 Å². The molecule has 0 saturated carbocycles. The van der Waals surface area contributed by atoms with Crippen molar-refractivity contribution in [2.24, 2.45) is 0 Å². The van der Waals surface area contributed by atoms with E-state index in [0.29, 0.717) is 5.04 Å². The van der Waals surface area contributed by atoms with Gasteiger partial charge in [-0.15, -0.1) is 0 Å². The number of hydrogen-bond acceptors (Lipinski definition) is 1. The first-order valence-electron chi connectivity index (χ1n) is 4.12. The Kier molecular flexibility index (Phi) is 4.90. The zero-order valence-corrected chi connectivity index (χ0v) is 10.9. The number of hydrogen-bond donors (Lipinski definition) is 0. The molecule has 0 aliphatic carbocycles. The van der Waals surface area contributed by atoms with E-state index >= 15 is 0 Å². The third kappa shape index (κ3) is 4.99. The van der Waals surface area contributed by atoms with Gasteiger partial charge >= 0.3 is 0 Å². The molecule has 0 N–H and O–H groups in total. The van der Waals surface area contributed by atoms with Crippen LogP contribution in [0.5, 0.6) is 0 Å². The Morgan fingerprint density at radius 1 is 1.45 bits per heavy atom. The molecule has 0 rings (SSSR count). The van der Waals surface area contributed by atoms with Gasteiger partial charge < -0.3 is 4.74 Å². The highest BCUT2D eigenvalue weighted by Gasteiger charge is 2.23. The fraction of sp³-hybridized carbons (Fsp3) is 1.00. The Hall–Kier alpha value is 0.657. The van der Waals surface area contributed by atoms with Gasteiger partial charge in [-0.3, -0.25) is 0 Å². The van der Waals surface area contributed by atoms with Crippen molar-refractivity contribution in [2.45, 2.75) is 43.9 Å². The predicted molar refractivity (Wildman–Crippen MR) is 57.3 cm³/mol. The second-order valence-electron chi connectivity index (χ2n) is 4.00. The molecule has 0 bridgehead atoms. The van der Waals surface area contributed by atoms with Crippen LogP contribution in [0.15, 0.2) is 0 Å². The van der Waals surface area contributed by atoms with E-state index in [1.54, 1.807) is 0 Å². The Labute approximate surface area is 80.3 Å². The quantitative estimate of drug-likeness (QED) is 0.541. The van der Waals surface area contributed by atoms with Gasteiger partial charge in [0.2, 0.25) is 0 Å². The van der Waals surface area contributed by atoms with Crippen molar-refractivity contribution in [1.82, 2.24) is 0 Å². The van der Waals surface area contributed by atoms with Crippen molar-refractivity contribution in [1.29, 1.82) is 0 Å². The van der Waals surface area contributed by atoms with E-state index in [0.717, 1.165) is 6.61 Å². The highest BCUT2D eigenvalue weighted by Crippen LogP contribution is 2.29. The van der Waals surface area contributed by atoms with Crippen LogP contribution in [0.2, 0.25) is 18.1 Å². The Morgan fingerprint density at radius 2 is 1.91 bits per heavy atom. The standard InChI is InChI=1S/C8H19BrOSi/c1-7(9)10-6-8(2,3)11(4)5/h7,11H,6H2,1-5H3. The minimum Gasteiger partial charge on any atom is -0.367 e. The van der Waals surface area contributed by atoms with Crippen LogP contribution in [0.4, 0.5) is 0 Å². The lowest BCUT2D eigenvalue weighted by Crippen LogP contribution is -2.27. The third-order valence-electron chi connectivity index (χ3n) is 2.25. The highest BCUT2D eigenvalue weighted by atomic mass is 79.9. The molecule has 1 nitrogen and oxygen atoms in total. The summed E-state index contributed by atoms with van der Waals surface area (Å²) < 4.78 is 5.52.